The fourth-order valence-electron chi connectivity index (χ4n) is 3.28. The van der Waals surface area contributed by atoms with Gasteiger partial charge >= 0.3 is 0 Å². The molecule has 0 bridgehead atoms. The first-order chi connectivity index (χ1) is 9.33. The van der Waals surface area contributed by atoms with Gasteiger partial charge in [-0.1, -0.05) is 35.2 Å². The average Bonchev–Trinajstić information content (AvgIpc) is 2.88. The summed E-state index contributed by atoms with van der Waals surface area (Å²) >= 11 is 3.60. The molecule has 1 aliphatic carbocycles. The quantitative estimate of drug-likeness (QED) is 0.902. The molecule has 1 heterocycles. The molecular formula is C16H22BrNO. The second-order valence-corrected chi connectivity index (χ2v) is 6.70. The van der Waals surface area contributed by atoms with Crippen LogP contribution in [0, 0.1) is 5.92 Å². The van der Waals surface area contributed by atoms with E-state index < -0.39 is 0 Å². The molecule has 0 unspecified atom stereocenters. The normalized spacial score (nSPS) is 19.2. The maximum Gasteiger partial charge on any atom is 0.127 e. The first-order valence-corrected chi connectivity index (χ1v) is 8.27. The van der Waals surface area contributed by atoms with Gasteiger partial charge in [0.2, 0.25) is 0 Å². The average molecular weight is 324 g/mol. The molecule has 1 aromatic rings. The van der Waals surface area contributed by atoms with Gasteiger partial charge in [-0.05, 0) is 43.0 Å². The molecule has 3 heteroatoms. The highest BCUT2D eigenvalue weighted by molar-refractivity contribution is 9.10. The minimum Gasteiger partial charge on any atom is -0.493 e. The first-order valence-electron chi connectivity index (χ1n) is 7.48. The lowest BCUT2D eigenvalue weighted by atomic mass is 9.89. The summed E-state index contributed by atoms with van der Waals surface area (Å²) in [5.74, 6) is 2.01. The van der Waals surface area contributed by atoms with Crippen molar-refractivity contribution in [1.82, 2.24) is 5.32 Å². The van der Waals surface area contributed by atoms with Crippen molar-refractivity contribution in [3.05, 3.63) is 27.7 Å². The van der Waals surface area contributed by atoms with E-state index >= 15 is 0 Å². The van der Waals surface area contributed by atoms with Gasteiger partial charge in [-0.15, -0.1) is 0 Å². The summed E-state index contributed by atoms with van der Waals surface area (Å²) in [5, 5.41) is 3.63. The molecule has 3 rings (SSSR count). The zero-order chi connectivity index (χ0) is 13.1. The van der Waals surface area contributed by atoms with E-state index in [0.717, 1.165) is 37.8 Å². The van der Waals surface area contributed by atoms with Crippen LogP contribution in [0.3, 0.4) is 0 Å². The lowest BCUT2D eigenvalue weighted by Gasteiger charge is -2.22. The van der Waals surface area contributed by atoms with Gasteiger partial charge in [0.15, 0.2) is 0 Å². The third-order valence-electron chi connectivity index (χ3n) is 4.30. The summed E-state index contributed by atoms with van der Waals surface area (Å²) in [7, 11) is 0. The second-order valence-electron chi connectivity index (χ2n) is 5.79. The van der Waals surface area contributed by atoms with Crippen molar-refractivity contribution >= 4 is 15.9 Å². The Kier molecular flexibility index (Phi) is 4.44. The molecule has 0 amide bonds. The Morgan fingerprint density at radius 3 is 2.89 bits per heavy atom. The van der Waals surface area contributed by atoms with Crippen LogP contribution in [0.15, 0.2) is 16.6 Å². The smallest absolute Gasteiger partial charge is 0.127 e. The zero-order valence-corrected chi connectivity index (χ0v) is 13.0. The van der Waals surface area contributed by atoms with Crippen molar-refractivity contribution in [1.29, 1.82) is 0 Å². The van der Waals surface area contributed by atoms with Crippen LogP contribution in [0.1, 0.15) is 43.2 Å². The lowest BCUT2D eigenvalue weighted by Crippen LogP contribution is -2.24. The van der Waals surface area contributed by atoms with Gasteiger partial charge in [-0.3, -0.25) is 0 Å². The Balaban J connectivity index is 1.57. The summed E-state index contributed by atoms with van der Waals surface area (Å²) in [6, 6.07) is 4.38. The van der Waals surface area contributed by atoms with Crippen LogP contribution in [0.4, 0.5) is 0 Å². The van der Waals surface area contributed by atoms with Gasteiger partial charge in [0.25, 0.3) is 0 Å². The predicted octanol–water partition coefficient (Wildman–Crippen LogP) is 4.05. The van der Waals surface area contributed by atoms with E-state index in [0.29, 0.717) is 0 Å². The van der Waals surface area contributed by atoms with Crippen LogP contribution >= 0.6 is 15.9 Å². The third kappa shape index (κ3) is 3.32. The van der Waals surface area contributed by atoms with Crippen LogP contribution in [-0.2, 0) is 13.0 Å². The topological polar surface area (TPSA) is 21.3 Å². The Bertz CT molecular complexity index is 441. The molecule has 1 N–H and O–H groups in total. The van der Waals surface area contributed by atoms with Gasteiger partial charge in [0.05, 0.1) is 6.61 Å². The highest BCUT2D eigenvalue weighted by Crippen LogP contribution is 2.33. The molecule has 0 saturated heterocycles. The van der Waals surface area contributed by atoms with Crippen LogP contribution in [0.5, 0.6) is 5.75 Å². The highest BCUT2D eigenvalue weighted by Gasteiger charge is 2.18. The number of hydrogen-bond acceptors (Lipinski definition) is 2. The van der Waals surface area contributed by atoms with Gasteiger partial charge in [-0.25, -0.2) is 0 Å². The molecule has 19 heavy (non-hydrogen) atoms. The lowest BCUT2D eigenvalue weighted by molar-refractivity contribution is 0.336. The Morgan fingerprint density at radius 1 is 1.21 bits per heavy atom. The van der Waals surface area contributed by atoms with E-state index in [9.17, 15) is 0 Å². The Labute approximate surface area is 124 Å². The van der Waals surface area contributed by atoms with Crippen molar-refractivity contribution in [2.45, 2.75) is 45.1 Å². The van der Waals surface area contributed by atoms with E-state index in [4.69, 9.17) is 4.74 Å². The largest absolute Gasteiger partial charge is 0.493 e. The Hall–Kier alpha value is -0.540. The summed E-state index contributed by atoms with van der Waals surface area (Å²) in [4.78, 5) is 0. The van der Waals surface area contributed by atoms with Crippen LogP contribution in [-0.4, -0.2) is 13.2 Å². The minimum atomic E-state index is 0.835. The van der Waals surface area contributed by atoms with Crippen molar-refractivity contribution in [3.63, 3.8) is 0 Å². The first kappa shape index (κ1) is 13.4. The van der Waals surface area contributed by atoms with Gasteiger partial charge in [0.1, 0.15) is 5.75 Å². The molecule has 0 atom stereocenters. The van der Waals surface area contributed by atoms with Gasteiger partial charge < -0.3 is 10.1 Å². The van der Waals surface area contributed by atoms with Crippen molar-refractivity contribution < 1.29 is 4.74 Å². The van der Waals surface area contributed by atoms with Gasteiger partial charge in [-0.2, -0.15) is 0 Å². The molecular weight excluding hydrogens is 302 g/mol. The summed E-state index contributed by atoms with van der Waals surface area (Å²) in [6.45, 7) is 2.92. The number of benzene rings is 1. The van der Waals surface area contributed by atoms with Crippen molar-refractivity contribution in [2.75, 3.05) is 13.2 Å². The highest BCUT2D eigenvalue weighted by atomic mass is 79.9. The van der Waals surface area contributed by atoms with E-state index in [1.807, 2.05) is 0 Å². The number of nitrogens with one attached hydrogen (secondary N) is 1. The molecule has 2 nitrogen and oxygen atoms in total. The van der Waals surface area contributed by atoms with E-state index in [2.05, 4.69) is 33.4 Å². The molecule has 1 aromatic carbocycles. The van der Waals surface area contributed by atoms with Crippen molar-refractivity contribution in [2.24, 2.45) is 5.92 Å². The zero-order valence-electron chi connectivity index (χ0n) is 11.4. The maximum absolute atomic E-state index is 5.77. The minimum absolute atomic E-state index is 0.835. The summed E-state index contributed by atoms with van der Waals surface area (Å²) in [6.07, 6.45) is 8.12. The fraction of sp³-hybridized carbons (Fsp3) is 0.625. The third-order valence-corrected chi connectivity index (χ3v) is 4.76. The number of halogens is 1. The van der Waals surface area contributed by atoms with E-state index in [1.165, 1.54) is 47.7 Å². The summed E-state index contributed by atoms with van der Waals surface area (Å²) < 4.78 is 6.94. The van der Waals surface area contributed by atoms with Gasteiger partial charge in [0, 0.05) is 23.0 Å². The number of fused-ring (bicyclic) bond motifs is 1. The monoisotopic (exact) mass is 323 g/mol. The predicted molar refractivity (Wildman–Crippen MR) is 81.6 cm³/mol. The molecule has 1 saturated carbocycles. The molecule has 1 aliphatic heterocycles. The van der Waals surface area contributed by atoms with Crippen LogP contribution in [0.25, 0.3) is 0 Å². The SMILES string of the molecule is Brc1cc2c(c(CNCC3CCCCC3)c1)OCC2. The molecule has 104 valence electrons. The number of ether oxygens (including phenoxy) is 1. The summed E-state index contributed by atoms with van der Waals surface area (Å²) in [5.41, 5.74) is 2.65. The molecule has 0 spiro atoms. The Morgan fingerprint density at radius 2 is 2.05 bits per heavy atom. The molecule has 1 fully saturated rings. The molecule has 0 radical (unpaired) electrons. The van der Waals surface area contributed by atoms with Crippen LogP contribution in [0.2, 0.25) is 0 Å². The van der Waals surface area contributed by atoms with E-state index in [1.54, 1.807) is 0 Å². The standard InChI is InChI=1S/C16H22BrNO/c17-15-8-13-6-7-19-16(13)14(9-15)11-18-10-12-4-2-1-3-5-12/h8-9,12,18H,1-7,10-11H2. The number of hydrogen-bond donors (Lipinski definition) is 1. The van der Waals surface area contributed by atoms with Crippen LogP contribution < -0.4 is 10.1 Å². The molecule has 0 aromatic heterocycles. The number of rotatable bonds is 4. The fourth-order valence-corrected chi connectivity index (χ4v) is 3.83. The van der Waals surface area contributed by atoms with Crippen molar-refractivity contribution in [3.8, 4) is 5.75 Å². The second kappa shape index (κ2) is 6.27. The maximum atomic E-state index is 5.77. The molecule has 2 aliphatic rings. The van der Waals surface area contributed by atoms with E-state index in [-0.39, 0.29) is 0 Å².